The molecule has 0 fully saturated rings. The molecule has 0 N–H and O–H groups in total. The minimum absolute atomic E-state index is 1.06. The first-order valence-electron chi connectivity index (χ1n) is 7.45. The standard InChI is InChI=1S/C19H27N/c1-7-11-16(5)20-19(14(3)8-2)17(6)18-13-10-9-12-15(18)4/h8-10,12-13H,7,11H2,1-6H3/b14-8-,19-17?,20-16+. The number of rotatable bonds is 5. The summed E-state index contributed by atoms with van der Waals surface area (Å²) in [4.78, 5) is 4.88. The molecule has 1 heteroatoms. The van der Waals surface area contributed by atoms with Crippen LogP contribution in [0, 0.1) is 6.92 Å². The predicted molar refractivity (Wildman–Crippen MR) is 91.2 cm³/mol. The molecule has 1 nitrogen and oxygen atoms in total. The van der Waals surface area contributed by atoms with Gasteiger partial charge in [-0.1, -0.05) is 43.7 Å². The van der Waals surface area contributed by atoms with Gasteiger partial charge in [-0.05, 0) is 63.3 Å². The van der Waals surface area contributed by atoms with E-state index in [-0.39, 0.29) is 0 Å². The van der Waals surface area contributed by atoms with Crippen molar-refractivity contribution < 1.29 is 0 Å². The number of hydrogen-bond acceptors (Lipinski definition) is 1. The summed E-state index contributed by atoms with van der Waals surface area (Å²) in [6.45, 7) is 12.9. The highest BCUT2D eigenvalue weighted by Crippen LogP contribution is 2.27. The summed E-state index contributed by atoms with van der Waals surface area (Å²) in [5.74, 6) is 0. The number of benzene rings is 1. The molecule has 0 spiro atoms. The molecular formula is C19H27N. The van der Waals surface area contributed by atoms with Gasteiger partial charge in [-0.2, -0.15) is 0 Å². The van der Waals surface area contributed by atoms with Gasteiger partial charge >= 0.3 is 0 Å². The minimum Gasteiger partial charge on any atom is -0.258 e. The summed E-state index contributed by atoms with van der Waals surface area (Å²) >= 11 is 0. The third-order valence-corrected chi connectivity index (χ3v) is 3.63. The fourth-order valence-corrected chi connectivity index (χ4v) is 2.33. The first-order chi connectivity index (χ1) is 9.51. The number of aryl methyl sites for hydroxylation is 1. The van der Waals surface area contributed by atoms with Crippen LogP contribution in [0.1, 0.15) is 58.6 Å². The number of hydrogen-bond donors (Lipinski definition) is 0. The molecule has 0 aliphatic carbocycles. The van der Waals surface area contributed by atoms with E-state index < -0.39 is 0 Å². The van der Waals surface area contributed by atoms with Crippen LogP contribution in [0.25, 0.3) is 5.57 Å². The third-order valence-electron chi connectivity index (χ3n) is 3.63. The van der Waals surface area contributed by atoms with E-state index in [0.29, 0.717) is 0 Å². The highest BCUT2D eigenvalue weighted by molar-refractivity contribution is 5.85. The quantitative estimate of drug-likeness (QED) is 0.462. The van der Waals surface area contributed by atoms with Crippen molar-refractivity contribution in [3.05, 3.63) is 52.7 Å². The average Bonchev–Trinajstić information content (AvgIpc) is 2.44. The van der Waals surface area contributed by atoms with Crippen molar-refractivity contribution in [1.82, 2.24) is 0 Å². The van der Waals surface area contributed by atoms with Crippen molar-refractivity contribution in [2.45, 2.75) is 54.4 Å². The van der Waals surface area contributed by atoms with Gasteiger partial charge in [0.25, 0.3) is 0 Å². The third kappa shape index (κ3) is 4.19. The van der Waals surface area contributed by atoms with Crippen LogP contribution in [0.2, 0.25) is 0 Å². The Labute approximate surface area is 124 Å². The van der Waals surface area contributed by atoms with E-state index in [1.807, 2.05) is 0 Å². The fraction of sp³-hybridized carbons (Fsp3) is 0.421. The Kier molecular flexibility index (Phi) is 6.44. The van der Waals surface area contributed by atoms with Crippen molar-refractivity contribution in [3.8, 4) is 0 Å². The summed E-state index contributed by atoms with van der Waals surface area (Å²) in [5.41, 5.74) is 7.41. The molecule has 1 rings (SSSR count). The Morgan fingerprint density at radius 2 is 1.80 bits per heavy atom. The Morgan fingerprint density at radius 3 is 2.35 bits per heavy atom. The van der Waals surface area contributed by atoms with E-state index in [9.17, 15) is 0 Å². The lowest BCUT2D eigenvalue weighted by atomic mass is 9.97. The summed E-state index contributed by atoms with van der Waals surface area (Å²) in [5, 5.41) is 0. The molecule has 0 amide bonds. The molecule has 0 atom stereocenters. The zero-order valence-electron chi connectivity index (χ0n) is 13.7. The summed E-state index contributed by atoms with van der Waals surface area (Å²) in [6, 6.07) is 8.51. The van der Waals surface area contributed by atoms with E-state index >= 15 is 0 Å². The maximum Gasteiger partial charge on any atom is 0.0689 e. The molecule has 0 aliphatic heterocycles. The van der Waals surface area contributed by atoms with Crippen LogP contribution >= 0.6 is 0 Å². The maximum absolute atomic E-state index is 4.88. The fourth-order valence-electron chi connectivity index (χ4n) is 2.33. The topological polar surface area (TPSA) is 12.4 Å². The summed E-state index contributed by atoms with van der Waals surface area (Å²) in [7, 11) is 0. The van der Waals surface area contributed by atoms with Crippen molar-refractivity contribution in [2.24, 2.45) is 4.99 Å². The van der Waals surface area contributed by atoms with Gasteiger partial charge in [0.05, 0.1) is 5.70 Å². The first kappa shape index (κ1) is 16.4. The van der Waals surface area contributed by atoms with Crippen LogP contribution in [0.3, 0.4) is 0 Å². The van der Waals surface area contributed by atoms with E-state index in [4.69, 9.17) is 4.99 Å². The molecule has 108 valence electrons. The van der Waals surface area contributed by atoms with Gasteiger partial charge in [0, 0.05) is 5.71 Å². The number of aliphatic imine (C=N–C) groups is 1. The lowest BCUT2D eigenvalue weighted by molar-refractivity contribution is 0.984. The molecule has 0 aliphatic rings. The van der Waals surface area contributed by atoms with E-state index in [1.165, 1.54) is 28.0 Å². The lowest BCUT2D eigenvalue weighted by Crippen LogP contribution is -1.97. The zero-order valence-corrected chi connectivity index (χ0v) is 13.7. The van der Waals surface area contributed by atoms with E-state index in [1.54, 1.807) is 0 Å². The second kappa shape index (κ2) is 7.84. The van der Waals surface area contributed by atoms with Crippen molar-refractivity contribution >= 4 is 11.3 Å². The van der Waals surface area contributed by atoms with Gasteiger partial charge in [0.1, 0.15) is 0 Å². The summed E-state index contributed by atoms with van der Waals surface area (Å²) < 4.78 is 0. The molecule has 0 aromatic heterocycles. The van der Waals surface area contributed by atoms with Gasteiger partial charge in [-0.3, -0.25) is 4.99 Å². The number of nitrogens with zero attached hydrogens (tertiary/aromatic N) is 1. The molecule has 0 unspecified atom stereocenters. The van der Waals surface area contributed by atoms with Crippen molar-refractivity contribution in [1.29, 1.82) is 0 Å². The molecule has 0 saturated heterocycles. The van der Waals surface area contributed by atoms with Gasteiger partial charge in [0.2, 0.25) is 0 Å². The smallest absolute Gasteiger partial charge is 0.0689 e. The maximum atomic E-state index is 4.88. The lowest BCUT2D eigenvalue weighted by Gasteiger charge is -2.12. The van der Waals surface area contributed by atoms with Crippen LogP contribution in [0.5, 0.6) is 0 Å². The van der Waals surface area contributed by atoms with Crippen LogP contribution in [0.15, 0.2) is 46.6 Å². The Bertz CT molecular complexity index is 545. The Morgan fingerprint density at radius 1 is 1.15 bits per heavy atom. The molecule has 0 bridgehead atoms. The second-order valence-corrected chi connectivity index (χ2v) is 5.36. The molecule has 1 aromatic rings. The zero-order chi connectivity index (χ0) is 15.1. The monoisotopic (exact) mass is 269 g/mol. The normalized spacial score (nSPS) is 14.3. The molecule has 0 saturated carbocycles. The van der Waals surface area contributed by atoms with Crippen molar-refractivity contribution in [2.75, 3.05) is 0 Å². The van der Waals surface area contributed by atoms with Gasteiger partial charge in [-0.25, -0.2) is 0 Å². The number of allylic oxidation sites excluding steroid dienone is 3. The van der Waals surface area contributed by atoms with Crippen LogP contribution in [-0.4, -0.2) is 5.71 Å². The van der Waals surface area contributed by atoms with E-state index in [0.717, 1.165) is 18.5 Å². The summed E-state index contributed by atoms with van der Waals surface area (Å²) in [6.07, 6.45) is 4.34. The molecule has 0 heterocycles. The van der Waals surface area contributed by atoms with Gasteiger partial charge in [-0.15, -0.1) is 0 Å². The van der Waals surface area contributed by atoms with Gasteiger partial charge < -0.3 is 0 Å². The highest BCUT2D eigenvalue weighted by Gasteiger charge is 2.08. The SMILES string of the molecule is C/C=C(/C)C(/N=C(\C)CCC)=C(C)c1ccccc1C. The Balaban J connectivity index is 3.39. The van der Waals surface area contributed by atoms with Crippen molar-refractivity contribution in [3.63, 3.8) is 0 Å². The molecule has 20 heavy (non-hydrogen) atoms. The Hall–Kier alpha value is -1.63. The predicted octanol–water partition coefficient (Wildman–Crippen LogP) is 5.95. The molecule has 0 radical (unpaired) electrons. The average molecular weight is 269 g/mol. The van der Waals surface area contributed by atoms with Crippen LogP contribution < -0.4 is 0 Å². The minimum atomic E-state index is 1.06. The van der Waals surface area contributed by atoms with Crippen LogP contribution in [-0.2, 0) is 0 Å². The highest BCUT2D eigenvalue weighted by atomic mass is 14.8. The van der Waals surface area contributed by atoms with Gasteiger partial charge in [0.15, 0.2) is 0 Å². The van der Waals surface area contributed by atoms with Crippen LogP contribution in [0.4, 0.5) is 0 Å². The second-order valence-electron chi connectivity index (χ2n) is 5.36. The largest absolute Gasteiger partial charge is 0.258 e. The molecular weight excluding hydrogens is 242 g/mol. The van der Waals surface area contributed by atoms with E-state index in [2.05, 4.69) is 71.9 Å². The first-order valence-corrected chi connectivity index (χ1v) is 7.45. The molecule has 1 aromatic carbocycles.